The number of nitrogens with zero attached hydrogens (tertiary/aromatic N) is 3. The summed E-state index contributed by atoms with van der Waals surface area (Å²) in [5.41, 5.74) is 2.00. The van der Waals surface area contributed by atoms with Gasteiger partial charge in [0.15, 0.2) is 5.82 Å². The molecule has 2 aromatic rings. The van der Waals surface area contributed by atoms with Crippen LogP contribution < -0.4 is 5.32 Å². The maximum absolute atomic E-state index is 4.79. The fourth-order valence-electron chi connectivity index (χ4n) is 2.68. The molecule has 4 nitrogen and oxygen atoms in total. The molecule has 2 aromatic heterocycles. The number of hydrogen-bond acceptors (Lipinski definition) is 5. The fourth-order valence-corrected chi connectivity index (χ4v) is 3.97. The first-order valence-corrected chi connectivity index (χ1v) is 8.54. The van der Waals surface area contributed by atoms with Gasteiger partial charge in [-0.25, -0.2) is 15.0 Å². The van der Waals surface area contributed by atoms with Crippen LogP contribution in [0.3, 0.4) is 0 Å². The molecule has 20 heavy (non-hydrogen) atoms. The van der Waals surface area contributed by atoms with Crippen LogP contribution in [-0.4, -0.2) is 22.0 Å². The lowest BCUT2D eigenvalue weighted by atomic mass is 10.0. The van der Waals surface area contributed by atoms with Crippen molar-refractivity contribution in [3.05, 3.63) is 20.6 Å². The van der Waals surface area contributed by atoms with Crippen LogP contribution in [0, 0.1) is 6.92 Å². The lowest BCUT2D eigenvalue weighted by molar-refractivity contribution is 0.691. The summed E-state index contributed by atoms with van der Waals surface area (Å²) < 4.78 is 1.00. The van der Waals surface area contributed by atoms with Gasteiger partial charge in [-0.15, -0.1) is 11.3 Å². The van der Waals surface area contributed by atoms with Crippen LogP contribution in [0.15, 0.2) is 9.85 Å². The molecule has 0 atom stereocenters. The molecule has 1 aliphatic carbocycles. The van der Waals surface area contributed by atoms with Crippen molar-refractivity contribution in [3.8, 4) is 11.5 Å². The number of anilines is 1. The molecule has 0 amide bonds. The first-order valence-electron chi connectivity index (χ1n) is 6.86. The number of hydrogen-bond donors (Lipinski definition) is 1. The van der Waals surface area contributed by atoms with Crippen molar-refractivity contribution in [1.29, 1.82) is 0 Å². The molecule has 0 aliphatic heterocycles. The topological polar surface area (TPSA) is 50.7 Å². The van der Waals surface area contributed by atoms with Crippen LogP contribution >= 0.6 is 27.3 Å². The molecule has 3 rings (SSSR count). The summed E-state index contributed by atoms with van der Waals surface area (Å²) in [7, 11) is 1.89. The third-order valence-electron chi connectivity index (χ3n) is 3.70. The molecule has 0 saturated heterocycles. The van der Waals surface area contributed by atoms with Crippen molar-refractivity contribution in [1.82, 2.24) is 15.0 Å². The second-order valence-corrected chi connectivity index (χ2v) is 6.93. The average Bonchev–Trinajstić information content (AvgIpc) is 3.10. The minimum Gasteiger partial charge on any atom is -0.372 e. The van der Waals surface area contributed by atoms with Gasteiger partial charge in [0.1, 0.15) is 11.5 Å². The normalized spacial score (nSPS) is 15.8. The van der Waals surface area contributed by atoms with E-state index in [1.807, 2.05) is 19.4 Å². The average molecular weight is 353 g/mol. The molecule has 1 N–H and O–H groups in total. The summed E-state index contributed by atoms with van der Waals surface area (Å²) in [6.07, 6.45) is 5.02. The van der Waals surface area contributed by atoms with E-state index in [-0.39, 0.29) is 0 Å². The summed E-state index contributed by atoms with van der Waals surface area (Å²) in [6.45, 7) is 2.00. The maximum atomic E-state index is 4.79. The molecule has 1 saturated carbocycles. The van der Waals surface area contributed by atoms with E-state index in [4.69, 9.17) is 4.98 Å². The number of rotatable bonds is 3. The molecule has 0 unspecified atom stereocenters. The van der Waals surface area contributed by atoms with E-state index < -0.39 is 0 Å². The van der Waals surface area contributed by atoms with Gasteiger partial charge in [0.25, 0.3) is 0 Å². The van der Waals surface area contributed by atoms with Gasteiger partial charge in [-0.2, -0.15) is 0 Å². The predicted octanol–water partition coefficient (Wildman–Crippen LogP) is 4.37. The first kappa shape index (κ1) is 13.9. The zero-order valence-corrected chi connectivity index (χ0v) is 14.0. The number of halogens is 1. The Hall–Kier alpha value is -1.01. The van der Waals surface area contributed by atoms with Crippen molar-refractivity contribution in [2.75, 3.05) is 12.4 Å². The van der Waals surface area contributed by atoms with Crippen molar-refractivity contribution >= 4 is 33.1 Å². The van der Waals surface area contributed by atoms with E-state index in [0.29, 0.717) is 5.92 Å². The Balaban J connectivity index is 2.09. The minimum atomic E-state index is 0.540. The molecule has 0 aromatic carbocycles. The van der Waals surface area contributed by atoms with Crippen molar-refractivity contribution < 1.29 is 0 Å². The Morgan fingerprint density at radius 3 is 2.60 bits per heavy atom. The Labute approximate surface area is 131 Å². The highest BCUT2D eigenvalue weighted by molar-refractivity contribution is 9.10. The summed E-state index contributed by atoms with van der Waals surface area (Å²) in [4.78, 5) is 13.9. The van der Waals surface area contributed by atoms with Gasteiger partial charge in [-0.3, -0.25) is 0 Å². The summed E-state index contributed by atoms with van der Waals surface area (Å²) >= 11 is 5.29. The maximum Gasteiger partial charge on any atom is 0.181 e. The molecule has 106 valence electrons. The standard InChI is InChI=1S/C14H17BrN4S/c1-8-17-10(7-20-8)13-18-12(9-5-3-4-6-9)11(15)14(16-2)19-13/h7,9H,3-6H2,1-2H3,(H,16,18,19). The largest absolute Gasteiger partial charge is 0.372 e. The van der Waals surface area contributed by atoms with Crippen molar-refractivity contribution in [3.63, 3.8) is 0 Å². The van der Waals surface area contributed by atoms with Crippen LogP contribution in [-0.2, 0) is 0 Å². The SMILES string of the molecule is CNc1nc(-c2csc(C)n2)nc(C2CCCC2)c1Br. The zero-order valence-electron chi connectivity index (χ0n) is 11.6. The highest BCUT2D eigenvalue weighted by Gasteiger charge is 2.24. The van der Waals surface area contributed by atoms with E-state index in [9.17, 15) is 0 Å². The van der Waals surface area contributed by atoms with Gasteiger partial charge in [0, 0.05) is 18.3 Å². The highest BCUT2D eigenvalue weighted by atomic mass is 79.9. The van der Waals surface area contributed by atoms with Crippen LogP contribution in [0.4, 0.5) is 5.82 Å². The zero-order chi connectivity index (χ0) is 14.1. The van der Waals surface area contributed by atoms with Crippen LogP contribution in [0.1, 0.15) is 42.3 Å². The van der Waals surface area contributed by atoms with Gasteiger partial charge in [-0.1, -0.05) is 12.8 Å². The van der Waals surface area contributed by atoms with E-state index in [0.717, 1.165) is 32.5 Å². The van der Waals surface area contributed by atoms with E-state index in [2.05, 4.69) is 31.2 Å². The number of aromatic nitrogens is 3. The van der Waals surface area contributed by atoms with Gasteiger partial charge < -0.3 is 5.32 Å². The molecular formula is C14H17BrN4S. The van der Waals surface area contributed by atoms with Crippen molar-refractivity contribution in [2.24, 2.45) is 0 Å². The highest BCUT2D eigenvalue weighted by Crippen LogP contribution is 2.39. The van der Waals surface area contributed by atoms with Crippen molar-refractivity contribution in [2.45, 2.75) is 38.5 Å². The molecule has 1 fully saturated rings. The Morgan fingerprint density at radius 2 is 2.00 bits per heavy atom. The van der Waals surface area contributed by atoms with Gasteiger partial charge >= 0.3 is 0 Å². The molecular weight excluding hydrogens is 336 g/mol. The summed E-state index contributed by atoms with van der Waals surface area (Å²) in [5.74, 6) is 2.12. The quantitative estimate of drug-likeness (QED) is 0.890. The molecule has 0 bridgehead atoms. The smallest absolute Gasteiger partial charge is 0.181 e. The van der Waals surface area contributed by atoms with Gasteiger partial charge in [-0.05, 0) is 35.7 Å². The third-order valence-corrected chi connectivity index (χ3v) is 5.26. The monoisotopic (exact) mass is 352 g/mol. The first-order chi connectivity index (χ1) is 9.69. The summed E-state index contributed by atoms with van der Waals surface area (Å²) in [5, 5.41) is 6.22. The number of thiazole rings is 1. The molecule has 1 aliphatic rings. The lowest BCUT2D eigenvalue weighted by Gasteiger charge is -2.14. The molecule has 0 radical (unpaired) electrons. The second kappa shape index (κ2) is 5.77. The van der Waals surface area contributed by atoms with E-state index in [1.54, 1.807) is 11.3 Å². The van der Waals surface area contributed by atoms with Gasteiger partial charge in [0.2, 0.25) is 0 Å². The third kappa shape index (κ3) is 2.59. The minimum absolute atomic E-state index is 0.540. The predicted molar refractivity (Wildman–Crippen MR) is 86.3 cm³/mol. The van der Waals surface area contributed by atoms with Gasteiger partial charge in [0.05, 0.1) is 15.2 Å². The molecule has 0 spiro atoms. The van der Waals surface area contributed by atoms with Crippen LogP contribution in [0.5, 0.6) is 0 Å². The van der Waals surface area contributed by atoms with E-state index in [1.165, 1.54) is 25.7 Å². The Kier molecular flexibility index (Phi) is 4.03. The summed E-state index contributed by atoms with van der Waals surface area (Å²) in [6, 6.07) is 0. The molecule has 2 heterocycles. The second-order valence-electron chi connectivity index (χ2n) is 5.08. The lowest BCUT2D eigenvalue weighted by Crippen LogP contribution is -2.06. The van der Waals surface area contributed by atoms with Crippen LogP contribution in [0.2, 0.25) is 0 Å². The van der Waals surface area contributed by atoms with E-state index >= 15 is 0 Å². The Bertz CT molecular complexity index is 620. The fraction of sp³-hybridized carbons (Fsp3) is 0.500. The van der Waals surface area contributed by atoms with Crippen LogP contribution in [0.25, 0.3) is 11.5 Å². The number of aryl methyl sites for hydroxylation is 1. The Morgan fingerprint density at radius 1 is 1.25 bits per heavy atom. The number of nitrogens with one attached hydrogen (secondary N) is 1. The molecule has 6 heteroatoms.